The highest BCUT2D eigenvalue weighted by atomic mass is 35.5. The highest BCUT2D eigenvalue weighted by molar-refractivity contribution is 6.30. The molecule has 2 N–H and O–H groups in total. The van der Waals surface area contributed by atoms with E-state index in [0.29, 0.717) is 12.5 Å². The second kappa shape index (κ2) is 9.23. The molecule has 0 saturated carbocycles. The van der Waals surface area contributed by atoms with Crippen LogP contribution in [-0.4, -0.2) is 39.2 Å². The van der Waals surface area contributed by atoms with Gasteiger partial charge in [0.05, 0.1) is 13.0 Å². The average molecular weight is 312 g/mol. The molecule has 5 nitrogen and oxygen atoms in total. The molecule has 0 fully saturated rings. The molecule has 0 amide bonds. The van der Waals surface area contributed by atoms with Crippen LogP contribution in [-0.2, 0) is 16.0 Å². The van der Waals surface area contributed by atoms with E-state index in [1.165, 1.54) is 7.11 Å². The van der Waals surface area contributed by atoms with Gasteiger partial charge in [0.1, 0.15) is 0 Å². The number of aliphatic imine (C=N–C) groups is 1. The van der Waals surface area contributed by atoms with Gasteiger partial charge in [-0.2, -0.15) is 0 Å². The van der Waals surface area contributed by atoms with E-state index in [-0.39, 0.29) is 11.9 Å². The number of carbonyl (C=O) groups is 1. The van der Waals surface area contributed by atoms with Gasteiger partial charge in [0.15, 0.2) is 5.96 Å². The first-order chi connectivity index (χ1) is 10.1. The van der Waals surface area contributed by atoms with E-state index >= 15 is 0 Å². The van der Waals surface area contributed by atoms with Crippen molar-refractivity contribution in [2.45, 2.75) is 13.3 Å². The van der Waals surface area contributed by atoms with Gasteiger partial charge in [-0.3, -0.25) is 9.79 Å². The molecule has 1 aromatic rings. The summed E-state index contributed by atoms with van der Waals surface area (Å²) in [7, 11) is 3.08. The van der Waals surface area contributed by atoms with Crippen molar-refractivity contribution in [3.05, 3.63) is 34.9 Å². The summed E-state index contributed by atoms with van der Waals surface area (Å²) >= 11 is 5.94. The average Bonchev–Trinajstić information content (AvgIpc) is 2.49. The molecule has 116 valence electrons. The molecule has 1 aromatic carbocycles. The smallest absolute Gasteiger partial charge is 0.310 e. The summed E-state index contributed by atoms with van der Waals surface area (Å²) in [5.74, 6) is 0.200. The van der Waals surface area contributed by atoms with Crippen molar-refractivity contribution in [1.82, 2.24) is 10.6 Å². The summed E-state index contributed by atoms with van der Waals surface area (Å²) in [5, 5.41) is 7.03. The number of nitrogens with one attached hydrogen (secondary N) is 2. The minimum Gasteiger partial charge on any atom is -0.469 e. The predicted octanol–water partition coefficient (Wildman–Crippen LogP) is 1.86. The number of methoxy groups -OCH3 is 1. The third-order valence-electron chi connectivity index (χ3n) is 3.00. The maximum absolute atomic E-state index is 11.3. The second-order valence-corrected chi connectivity index (χ2v) is 5.12. The Morgan fingerprint density at radius 2 is 2.19 bits per heavy atom. The van der Waals surface area contributed by atoms with E-state index in [0.717, 1.165) is 23.6 Å². The fourth-order valence-corrected chi connectivity index (χ4v) is 1.99. The van der Waals surface area contributed by atoms with Crippen LogP contribution >= 0.6 is 11.6 Å². The van der Waals surface area contributed by atoms with E-state index in [1.807, 2.05) is 24.3 Å². The highest BCUT2D eigenvalue weighted by Gasteiger charge is 2.13. The SMILES string of the molecule is CN=C(NCCc1cccc(Cl)c1)NCC(C)C(=O)OC. The quantitative estimate of drug-likeness (QED) is 0.478. The second-order valence-electron chi connectivity index (χ2n) is 4.68. The molecular formula is C15H22ClN3O2. The third kappa shape index (κ3) is 6.49. The molecule has 0 aliphatic carbocycles. The molecule has 0 heterocycles. The van der Waals surface area contributed by atoms with Crippen LogP contribution in [0.3, 0.4) is 0 Å². The number of hydrogen-bond acceptors (Lipinski definition) is 3. The van der Waals surface area contributed by atoms with E-state index in [2.05, 4.69) is 20.4 Å². The number of nitrogens with zero attached hydrogens (tertiary/aromatic N) is 1. The lowest BCUT2D eigenvalue weighted by Gasteiger charge is -2.14. The van der Waals surface area contributed by atoms with Crippen LogP contribution in [0.25, 0.3) is 0 Å². The Morgan fingerprint density at radius 3 is 2.81 bits per heavy atom. The van der Waals surface area contributed by atoms with Crippen LogP contribution in [0.5, 0.6) is 0 Å². The lowest BCUT2D eigenvalue weighted by atomic mass is 10.1. The number of esters is 1. The Kier molecular flexibility index (Phi) is 7.61. The maximum Gasteiger partial charge on any atom is 0.310 e. The fourth-order valence-electron chi connectivity index (χ4n) is 1.77. The Bertz CT molecular complexity index is 492. The van der Waals surface area contributed by atoms with Crippen LogP contribution in [0.2, 0.25) is 5.02 Å². The lowest BCUT2D eigenvalue weighted by molar-refractivity contribution is -0.144. The Morgan fingerprint density at radius 1 is 1.43 bits per heavy atom. The number of rotatable bonds is 6. The minimum absolute atomic E-state index is 0.221. The summed E-state index contributed by atoms with van der Waals surface area (Å²) in [6, 6.07) is 7.76. The zero-order valence-corrected chi connectivity index (χ0v) is 13.4. The van der Waals surface area contributed by atoms with Crippen molar-refractivity contribution in [3.63, 3.8) is 0 Å². The molecule has 1 atom stereocenters. The van der Waals surface area contributed by atoms with Gasteiger partial charge in [-0.1, -0.05) is 30.7 Å². The molecule has 0 bridgehead atoms. The molecule has 0 aliphatic heterocycles. The topological polar surface area (TPSA) is 62.7 Å². The molecule has 1 rings (SSSR count). The van der Waals surface area contributed by atoms with Crippen LogP contribution in [0.15, 0.2) is 29.3 Å². The summed E-state index contributed by atoms with van der Waals surface area (Å²) < 4.78 is 4.68. The normalized spacial score (nSPS) is 12.7. The van der Waals surface area contributed by atoms with Crippen molar-refractivity contribution < 1.29 is 9.53 Å². The van der Waals surface area contributed by atoms with Gasteiger partial charge >= 0.3 is 5.97 Å². The molecular weight excluding hydrogens is 290 g/mol. The van der Waals surface area contributed by atoms with Gasteiger partial charge < -0.3 is 15.4 Å². The summed E-state index contributed by atoms with van der Waals surface area (Å²) in [6.45, 7) is 3.01. The molecule has 0 aromatic heterocycles. The largest absolute Gasteiger partial charge is 0.469 e. The van der Waals surface area contributed by atoms with Gasteiger partial charge in [-0.25, -0.2) is 0 Å². The fraction of sp³-hybridized carbons (Fsp3) is 0.467. The molecule has 21 heavy (non-hydrogen) atoms. The summed E-state index contributed by atoms with van der Waals surface area (Å²) in [6.07, 6.45) is 0.841. The van der Waals surface area contributed by atoms with Crippen LogP contribution in [0.4, 0.5) is 0 Å². The van der Waals surface area contributed by atoms with Gasteiger partial charge in [0.2, 0.25) is 0 Å². The molecule has 0 saturated heterocycles. The lowest BCUT2D eigenvalue weighted by Crippen LogP contribution is -2.41. The molecule has 6 heteroatoms. The molecule has 0 spiro atoms. The van der Waals surface area contributed by atoms with E-state index in [1.54, 1.807) is 14.0 Å². The van der Waals surface area contributed by atoms with Gasteiger partial charge in [0, 0.05) is 25.2 Å². The first-order valence-corrected chi connectivity index (χ1v) is 7.21. The molecule has 0 radical (unpaired) electrons. The summed E-state index contributed by atoms with van der Waals surface area (Å²) in [5.41, 5.74) is 1.16. The van der Waals surface area contributed by atoms with Gasteiger partial charge in [0.25, 0.3) is 0 Å². The van der Waals surface area contributed by atoms with Crippen molar-refractivity contribution in [1.29, 1.82) is 0 Å². The van der Waals surface area contributed by atoms with Crippen LogP contribution in [0.1, 0.15) is 12.5 Å². The molecule has 1 unspecified atom stereocenters. The first kappa shape index (κ1) is 17.3. The van der Waals surface area contributed by atoms with E-state index in [9.17, 15) is 4.79 Å². The van der Waals surface area contributed by atoms with Gasteiger partial charge in [-0.05, 0) is 24.1 Å². The number of hydrogen-bond donors (Lipinski definition) is 2. The molecule has 0 aliphatic rings. The third-order valence-corrected chi connectivity index (χ3v) is 3.23. The maximum atomic E-state index is 11.3. The van der Waals surface area contributed by atoms with E-state index < -0.39 is 0 Å². The van der Waals surface area contributed by atoms with Gasteiger partial charge in [-0.15, -0.1) is 0 Å². The Labute approximate surface area is 130 Å². The number of benzene rings is 1. The highest BCUT2D eigenvalue weighted by Crippen LogP contribution is 2.10. The Balaban J connectivity index is 2.33. The van der Waals surface area contributed by atoms with Crippen molar-refractivity contribution in [2.24, 2.45) is 10.9 Å². The van der Waals surface area contributed by atoms with Crippen LogP contribution < -0.4 is 10.6 Å². The number of ether oxygens (including phenoxy) is 1. The van der Waals surface area contributed by atoms with Crippen molar-refractivity contribution in [3.8, 4) is 0 Å². The number of carbonyl (C=O) groups excluding carboxylic acids is 1. The minimum atomic E-state index is -0.239. The summed E-state index contributed by atoms with van der Waals surface area (Å²) in [4.78, 5) is 15.4. The standard InChI is InChI=1S/C15H22ClN3O2/c1-11(14(20)21-3)10-19-15(17-2)18-8-7-12-5-4-6-13(16)9-12/h4-6,9,11H,7-8,10H2,1-3H3,(H2,17,18,19). The first-order valence-electron chi connectivity index (χ1n) is 6.83. The van der Waals surface area contributed by atoms with Crippen LogP contribution in [0, 0.1) is 5.92 Å². The monoisotopic (exact) mass is 311 g/mol. The van der Waals surface area contributed by atoms with Crippen molar-refractivity contribution in [2.75, 3.05) is 27.2 Å². The zero-order valence-electron chi connectivity index (χ0n) is 12.6. The van der Waals surface area contributed by atoms with E-state index in [4.69, 9.17) is 11.6 Å². The van der Waals surface area contributed by atoms with Crippen molar-refractivity contribution >= 4 is 23.5 Å². The number of halogens is 1. The predicted molar refractivity (Wildman–Crippen MR) is 85.7 cm³/mol. The Hall–Kier alpha value is -1.75. The number of guanidine groups is 1. The zero-order chi connectivity index (χ0) is 15.7.